The molecule has 5 nitrogen and oxygen atoms in total. The van der Waals surface area contributed by atoms with Gasteiger partial charge in [0.05, 0.1) is 18.0 Å². The first-order valence-electron chi connectivity index (χ1n) is 6.57. The second kappa shape index (κ2) is 5.52. The third-order valence-electron chi connectivity index (χ3n) is 3.56. The van der Waals surface area contributed by atoms with E-state index in [2.05, 4.69) is 27.5 Å². The van der Waals surface area contributed by atoms with Gasteiger partial charge in [0.1, 0.15) is 11.6 Å². The van der Waals surface area contributed by atoms with E-state index >= 15 is 0 Å². The van der Waals surface area contributed by atoms with Crippen molar-refractivity contribution in [3.63, 3.8) is 0 Å². The molecule has 1 fully saturated rings. The minimum atomic E-state index is -0.602. The number of rotatable bonds is 4. The predicted molar refractivity (Wildman–Crippen MR) is 72.7 cm³/mol. The van der Waals surface area contributed by atoms with E-state index in [0.29, 0.717) is 18.3 Å². The maximum Gasteiger partial charge on any atom is 0.147 e. The van der Waals surface area contributed by atoms with Crippen molar-refractivity contribution in [3.05, 3.63) is 12.4 Å². The third-order valence-corrected chi connectivity index (χ3v) is 3.56. The first-order valence-corrected chi connectivity index (χ1v) is 6.57. The summed E-state index contributed by atoms with van der Waals surface area (Å²) in [6.07, 6.45) is 7.39. The van der Waals surface area contributed by atoms with Gasteiger partial charge in [-0.3, -0.25) is 4.98 Å². The first kappa shape index (κ1) is 13.1. The monoisotopic (exact) mass is 250 g/mol. The molecular formula is C13H22N4O. The smallest absolute Gasteiger partial charge is 0.147 e. The van der Waals surface area contributed by atoms with Crippen molar-refractivity contribution >= 4 is 11.6 Å². The molecule has 0 amide bonds. The minimum Gasteiger partial charge on any atom is -0.388 e. The van der Waals surface area contributed by atoms with Crippen molar-refractivity contribution in [2.24, 2.45) is 5.92 Å². The first-order chi connectivity index (χ1) is 8.61. The Hall–Kier alpha value is -1.36. The van der Waals surface area contributed by atoms with Crippen molar-refractivity contribution in [1.29, 1.82) is 0 Å². The van der Waals surface area contributed by atoms with Crippen LogP contribution in [-0.4, -0.2) is 34.3 Å². The van der Waals surface area contributed by atoms with Gasteiger partial charge in [-0.25, -0.2) is 4.98 Å². The van der Waals surface area contributed by atoms with Gasteiger partial charge in [-0.15, -0.1) is 0 Å². The highest BCUT2D eigenvalue weighted by Gasteiger charge is 2.32. The van der Waals surface area contributed by atoms with Gasteiger partial charge in [-0.1, -0.05) is 19.8 Å². The van der Waals surface area contributed by atoms with Crippen LogP contribution >= 0.6 is 0 Å². The van der Waals surface area contributed by atoms with E-state index in [1.165, 1.54) is 6.42 Å². The molecule has 1 aliphatic rings. The summed E-state index contributed by atoms with van der Waals surface area (Å²) in [7, 11) is 1.81. The molecule has 0 aliphatic heterocycles. The van der Waals surface area contributed by atoms with Gasteiger partial charge in [0, 0.05) is 13.6 Å². The van der Waals surface area contributed by atoms with E-state index in [1.807, 2.05) is 7.05 Å². The fourth-order valence-corrected chi connectivity index (χ4v) is 2.62. The molecule has 5 heteroatoms. The highest BCUT2D eigenvalue weighted by Crippen LogP contribution is 2.32. The number of hydrogen-bond donors (Lipinski definition) is 3. The Balaban J connectivity index is 1.93. The lowest BCUT2D eigenvalue weighted by molar-refractivity contribution is -0.000829. The summed E-state index contributed by atoms with van der Waals surface area (Å²) in [5.74, 6) is 2.03. The average Bonchev–Trinajstić information content (AvgIpc) is 2.37. The summed E-state index contributed by atoms with van der Waals surface area (Å²) in [5, 5.41) is 16.6. The Bertz CT molecular complexity index is 398. The van der Waals surface area contributed by atoms with Gasteiger partial charge < -0.3 is 15.7 Å². The maximum absolute atomic E-state index is 10.5. The van der Waals surface area contributed by atoms with E-state index in [4.69, 9.17) is 0 Å². The molecule has 2 unspecified atom stereocenters. The summed E-state index contributed by atoms with van der Waals surface area (Å²) in [6, 6.07) is 0. The zero-order valence-corrected chi connectivity index (χ0v) is 11.1. The molecule has 1 heterocycles. The molecule has 18 heavy (non-hydrogen) atoms. The second-order valence-electron chi connectivity index (χ2n) is 5.32. The van der Waals surface area contributed by atoms with Crippen LogP contribution in [0.25, 0.3) is 0 Å². The van der Waals surface area contributed by atoms with E-state index < -0.39 is 5.60 Å². The highest BCUT2D eigenvalue weighted by atomic mass is 16.3. The number of aromatic nitrogens is 2. The molecule has 0 saturated heterocycles. The third kappa shape index (κ3) is 3.32. The van der Waals surface area contributed by atoms with Gasteiger partial charge in [-0.2, -0.15) is 0 Å². The minimum absolute atomic E-state index is 0.541. The predicted octanol–water partition coefficient (Wildman–Crippen LogP) is 1.87. The highest BCUT2D eigenvalue weighted by molar-refractivity contribution is 5.41. The van der Waals surface area contributed by atoms with Crippen LogP contribution in [-0.2, 0) is 0 Å². The Labute approximate surface area is 108 Å². The van der Waals surface area contributed by atoms with Crippen LogP contribution in [0, 0.1) is 5.92 Å². The number of nitrogens with one attached hydrogen (secondary N) is 2. The fourth-order valence-electron chi connectivity index (χ4n) is 2.62. The quantitative estimate of drug-likeness (QED) is 0.761. The van der Waals surface area contributed by atoms with Crippen LogP contribution in [0.15, 0.2) is 12.4 Å². The number of anilines is 2. The largest absolute Gasteiger partial charge is 0.388 e. The second-order valence-corrected chi connectivity index (χ2v) is 5.32. The molecule has 0 aromatic carbocycles. The van der Waals surface area contributed by atoms with E-state index in [9.17, 15) is 5.11 Å². The zero-order valence-electron chi connectivity index (χ0n) is 11.1. The molecule has 100 valence electrons. The van der Waals surface area contributed by atoms with Gasteiger partial charge in [0.2, 0.25) is 0 Å². The van der Waals surface area contributed by atoms with Crippen LogP contribution in [0.5, 0.6) is 0 Å². The Kier molecular flexibility index (Phi) is 4.01. The van der Waals surface area contributed by atoms with Crippen LogP contribution in [0.4, 0.5) is 11.6 Å². The zero-order chi connectivity index (χ0) is 13.0. The van der Waals surface area contributed by atoms with Crippen LogP contribution < -0.4 is 10.6 Å². The molecule has 0 bridgehead atoms. The summed E-state index contributed by atoms with van der Waals surface area (Å²) < 4.78 is 0. The van der Waals surface area contributed by atoms with E-state index in [-0.39, 0.29) is 0 Å². The van der Waals surface area contributed by atoms with Crippen molar-refractivity contribution in [2.75, 3.05) is 24.2 Å². The molecular weight excluding hydrogens is 228 g/mol. The Morgan fingerprint density at radius 1 is 1.44 bits per heavy atom. The molecule has 1 aromatic heterocycles. The van der Waals surface area contributed by atoms with Crippen LogP contribution in [0.3, 0.4) is 0 Å². The molecule has 1 aromatic rings. The van der Waals surface area contributed by atoms with E-state index in [1.54, 1.807) is 12.4 Å². The van der Waals surface area contributed by atoms with Crippen molar-refractivity contribution in [3.8, 4) is 0 Å². The van der Waals surface area contributed by atoms with Gasteiger partial charge in [0.15, 0.2) is 0 Å². The van der Waals surface area contributed by atoms with Crippen molar-refractivity contribution in [1.82, 2.24) is 9.97 Å². The maximum atomic E-state index is 10.5. The van der Waals surface area contributed by atoms with Crippen LogP contribution in [0.1, 0.15) is 32.6 Å². The summed E-state index contributed by atoms with van der Waals surface area (Å²) in [6.45, 7) is 2.74. The number of nitrogens with zero attached hydrogens (tertiary/aromatic N) is 2. The summed E-state index contributed by atoms with van der Waals surface area (Å²) in [4.78, 5) is 8.42. The van der Waals surface area contributed by atoms with Crippen LogP contribution in [0.2, 0.25) is 0 Å². The van der Waals surface area contributed by atoms with E-state index in [0.717, 1.165) is 25.1 Å². The molecule has 3 N–H and O–H groups in total. The number of aliphatic hydroxyl groups is 1. The SMILES string of the molecule is CNc1cncc(NCC2(O)CCCC(C)C2)n1. The lowest BCUT2D eigenvalue weighted by Gasteiger charge is -2.35. The average molecular weight is 250 g/mol. The van der Waals surface area contributed by atoms with Gasteiger partial charge in [0.25, 0.3) is 0 Å². The summed E-state index contributed by atoms with van der Waals surface area (Å²) >= 11 is 0. The molecule has 0 radical (unpaired) electrons. The molecule has 1 aliphatic carbocycles. The lowest BCUT2D eigenvalue weighted by atomic mass is 9.79. The molecule has 2 rings (SSSR count). The topological polar surface area (TPSA) is 70.1 Å². The van der Waals surface area contributed by atoms with Gasteiger partial charge in [-0.05, 0) is 18.8 Å². The summed E-state index contributed by atoms with van der Waals surface area (Å²) in [5.41, 5.74) is -0.602. The number of hydrogen-bond acceptors (Lipinski definition) is 5. The fraction of sp³-hybridized carbons (Fsp3) is 0.692. The Morgan fingerprint density at radius 2 is 2.22 bits per heavy atom. The van der Waals surface area contributed by atoms with Crippen molar-refractivity contribution in [2.45, 2.75) is 38.2 Å². The molecule has 2 atom stereocenters. The van der Waals surface area contributed by atoms with Crippen molar-refractivity contribution < 1.29 is 5.11 Å². The molecule has 1 saturated carbocycles. The Morgan fingerprint density at radius 3 is 2.94 bits per heavy atom. The normalized spacial score (nSPS) is 27.8. The molecule has 0 spiro atoms. The van der Waals surface area contributed by atoms with Gasteiger partial charge >= 0.3 is 0 Å². The standard InChI is InChI=1S/C13H22N4O/c1-10-4-3-5-13(18,6-10)9-16-12-8-15-7-11(14-2)17-12/h7-8,10,18H,3-6,9H2,1-2H3,(H2,14,16,17). The lowest BCUT2D eigenvalue weighted by Crippen LogP contribution is -2.41.